The van der Waals surface area contributed by atoms with Crippen LogP contribution in [0, 0.1) is 0 Å². The number of amides is 1. The number of rotatable bonds is 8. The highest BCUT2D eigenvalue weighted by Crippen LogP contribution is 2.24. The molecule has 0 aliphatic carbocycles. The molecule has 0 aromatic heterocycles. The van der Waals surface area contributed by atoms with Crippen LogP contribution < -0.4 is 10.1 Å². The van der Waals surface area contributed by atoms with Crippen molar-refractivity contribution in [1.29, 1.82) is 0 Å². The molecule has 0 aliphatic heterocycles. The van der Waals surface area contributed by atoms with Gasteiger partial charge in [0, 0.05) is 21.6 Å². The molecule has 8 heteroatoms. The van der Waals surface area contributed by atoms with Crippen molar-refractivity contribution in [3.8, 4) is 5.75 Å². The van der Waals surface area contributed by atoms with Crippen LogP contribution in [-0.2, 0) is 14.3 Å². The maximum absolute atomic E-state index is 12.3. The van der Waals surface area contributed by atoms with Crippen molar-refractivity contribution in [3.05, 3.63) is 57.5 Å². The third-order valence-electron chi connectivity index (χ3n) is 3.49. The van der Waals surface area contributed by atoms with Gasteiger partial charge >= 0.3 is 5.97 Å². The second-order valence-electron chi connectivity index (χ2n) is 5.49. The molecule has 0 heterocycles. The Labute approximate surface area is 169 Å². The molecule has 6 nitrogen and oxygen atoms in total. The number of nitrogens with one attached hydrogen (secondary N) is 1. The number of hydrogen-bond acceptors (Lipinski definition) is 5. The van der Waals surface area contributed by atoms with Gasteiger partial charge in [-0.15, -0.1) is 0 Å². The Kier molecular flexibility index (Phi) is 7.82. The summed E-state index contributed by atoms with van der Waals surface area (Å²) in [6.45, 7) is -0.445. The van der Waals surface area contributed by atoms with E-state index < -0.39 is 18.5 Å². The average molecular weight is 455 g/mol. The van der Waals surface area contributed by atoms with E-state index in [4.69, 9.17) is 21.1 Å². The summed E-state index contributed by atoms with van der Waals surface area (Å²) in [6.07, 6.45) is -0.194. The van der Waals surface area contributed by atoms with Crippen molar-refractivity contribution in [2.75, 3.05) is 19.0 Å². The highest BCUT2D eigenvalue weighted by molar-refractivity contribution is 9.10. The van der Waals surface area contributed by atoms with Gasteiger partial charge in [-0.2, -0.15) is 0 Å². The van der Waals surface area contributed by atoms with E-state index in [1.165, 1.54) is 7.11 Å². The van der Waals surface area contributed by atoms with Gasteiger partial charge in [0.05, 0.1) is 19.1 Å². The average Bonchev–Trinajstić information content (AvgIpc) is 2.64. The van der Waals surface area contributed by atoms with Crippen LogP contribution in [0.25, 0.3) is 0 Å². The normalized spacial score (nSPS) is 10.2. The monoisotopic (exact) mass is 453 g/mol. The Morgan fingerprint density at radius 2 is 1.89 bits per heavy atom. The highest BCUT2D eigenvalue weighted by atomic mass is 79.9. The van der Waals surface area contributed by atoms with Crippen molar-refractivity contribution in [3.63, 3.8) is 0 Å². The fraction of sp³-hybridized carbons (Fsp3) is 0.211. The van der Waals surface area contributed by atoms with E-state index in [9.17, 15) is 14.4 Å². The van der Waals surface area contributed by atoms with Crippen molar-refractivity contribution in [1.82, 2.24) is 0 Å². The lowest BCUT2D eigenvalue weighted by molar-refractivity contribution is -0.147. The number of esters is 1. The summed E-state index contributed by atoms with van der Waals surface area (Å²) in [7, 11) is 1.47. The lowest BCUT2D eigenvalue weighted by Gasteiger charge is -2.09. The lowest BCUT2D eigenvalue weighted by Crippen LogP contribution is -2.21. The first kappa shape index (κ1) is 20.9. The van der Waals surface area contributed by atoms with Crippen molar-refractivity contribution in [2.45, 2.75) is 12.8 Å². The van der Waals surface area contributed by atoms with Crippen LogP contribution in [0.3, 0.4) is 0 Å². The minimum absolute atomic E-state index is 0.0540. The first-order valence-electron chi connectivity index (χ1n) is 7.97. The van der Waals surface area contributed by atoms with Gasteiger partial charge in [-0.1, -0.05) is 33.6 Å². The number of benzene rings is 2. The van der Waals surface area contributed by atoms with Gasteiger partial charge < -0.3 is 14.8 Å². The predicted octanol–water partition coefficient (Wildman–Crippen LogP) is 4.26. The molecule has 27 heavy (non-hydrogen) atoms. The van der Waals surface area contributed by atoms with Gasteiger partial charge in [-0.25, -0.2) is 0 Å². The minimum atomic E-state index is -0.640. The van der Waals surface area contributed by atoms with Gasteiger partial charge in [-0.05, 0) is 36.4 Å². The Bertz CT molecular complexity index is 856. The molecular weight excluding hydrogens is 438 g/mol. The fourth-order valence-corrected chi connectivity index (χ4v) is 2.78. The molecule has 1 N–H and O–H groups in total. The van der Waals surface area contributed by atoms with Gasteiger partial charge in [0.2, 0.25) is 0 Å². The third-order valence-corrected chi connectivity index (χ3v) is 4.22. The number of ether oxygens (including phenoxy) is 2. The van der Waals surface area contributed by atoms with Crippen molar-refractivity contribution in [2.24, 2.45) is 0 Å². The molecule has 0 atom stereocenters. The molecule has 1 amide bonds. The number of methoxy groups -OCH3 is 1. The smallest absolute Gasteiger partial charge is 0.306 e. The third kappa shape index (κ3) is 6.69. The van der Waals surface area contributed by atoms with Crippen molar-refractivity contribution >= 4 is 50.9 Å². The molecule has 0 saturated heterocycles. The van der Waals surface area contributed by atoms with Crippen LogP contribution in [0.1, 0.15) is 23.2 Å². The van der Waals surface area contributed by atoms with E-state index in [2.05, 4.69) is 21.2 Å². The molecular formula is C19H17BrClNO5. The topological polar surface area (TPSA) is 81.7 Å². The molecule has 0 unspecified atom stereocenters. The Morgan fingerprint density at radius 3 is 2.59 bits per heavy atom. The van der Waals surface area contributed by atoms with Crippen LogP contribution in [0.15, 0.2) is 46.9 Å². The maximum Gasteiger partial charge on any atom is 0.306 e. The molecule has 142 valence electrons. The molecule has 2 rings (SSSR count). The van der Waals surface area contributed by atoms with Gasteiger partial charge in [-0.3, -0.25) is 14.4 Å². The Balaban J connectivity index is 1.80. The zero-order valence-corrected chi connectivity index (χ0v) is 16.8. The van der Waals surface area contributed by atoms with Crippen LogP contribution in [0.4, 0.5) is 5.69 Å². The van der Waals surface area contributed by atoms with Gasteiger partial charge in [0.1, 0.15) is 5.75 Å². The van der Waals surface area contributed by atoms with Crippen LogP contribution >= 0.6 is 27.5 Å². The standard InChI is InChI=1S/C19H17BrClNO5/c1-26-17-7-5-12(20)9-15(17)16(23)6-8-19(25)27-11-18(24)22-14-4-2-3-13(21)10-14/h2-5,7,9-10H,6,8,11H2,1H3,(H,22,24). The first-order chi connectivity index (χ1) is 12.9. The van der Waals surface area contributed by atoms with E-state index in [1.54, 1.807) is 42.5 Å². The van der Waals surface area contributed by atoms with Gasteiger partial charge in [0.25, 0.3) is 5.91 Å². The summed E-state index contributed by atoms with van der Waals surface area (Å²) in [5.41, 5.74) is 0.874. The summed E-state index contributed by atoms with van der Waals surface area (Å²) in [5.74, 6) is -0.963. The largest absolute Gasteiger partial charge is 0.496 e. The van der Waals surface area contributed by atoms with E-state index in [-0.39, 0.29) is 18.6 Å². The van der Waals surface area contributed by atoms with E-state index in [0.717, 1.165) is 4.47 Å². The van der Waals surface area contributed by atoms with Crippen molar-refractivity contribution < 1.29 is 23.9 Å². The van der Waals surface area contributed by atoms with E-state index in [0.29, 0.717) is 22.0 Å². The summed E-state index contributed by atoms with van der Waals surface area (Å²) < 4.78 is 10.8. The van der Waals surface area contributed by atoms with Gasteiger partial charge in [0.15, 0.2) is 12.4 Å². The second-order valence-corrected chi connectivity index (χ2v) is 6.84. The quantitative estimate of drug-likeness (QED) is 0.476. The number of anilines is 1. The summed E-state index contributed by atoms with van der Waals surface area (Å²) in [5, 5.41) is 3.04. The van der Waals surface area contributed by atoms with Crippen LogP contribution in [0.5, 0.6) is 5.75 Å². The summed E-state index contributed by atoms with van der Waals surface area (Å²) >= 11 is 9.12. The van der Waals surface area contributed by atoms with E-state index >= 15 is 0 Å². The zero-order chi connectivity index (χ0) is 19.8. The second kappa shape index (κ2) is 10.1. The summed E-state index contributed by atoms with van der Waals surface area (Å²) in [4.78, 5) is 35.9. The number of Topliss-reactive ketones (excluding diaryl/α,β-unsaturated/α-hetero) is 1. The SMILES string of the molecule is COc1ccc(Br)cc1C(=O)CCC(=O)OCC(=O)Nc1cccc(Cl)c1. The summed E-state index contributed by atoms with van der Waals surface area (Å²) in [6, 6.07) is 11.6. The molecule has 0 bridgehead atoms. The minimum Gasteiger partial charge on any atom is -0.496 e. The molecule has 2 aromatic rings. The molecule has 0 radical (unpaired) electrons. The number of ketones is 1. The molecule has 2 aromatic carbocycles. The van der Waals surface area contributed by atoms with Crippen LogP contribution in [0.2, 0.25) is 5.02 Å². The Hall–Kier alpha value is -2.38. The molecule has 0 spiro atoms. The zero-order valence-electron chi connectivity index (χ0n) is 14.5. The number of carbonyl (C=O) groups excluding carboxylic acids is 3. The fourth-order valence-electron chi connectivity index (χ4n) is 2.23. The molecule has 0 aliphatic rings. The molecule has 0 fully saturated rings. The Morgan fingerprint density at radius 1 is 1.11 bits per heavy atom. The molecule has 0 saturated carbocycles. The predicted molar refractivity (Wildman–Crippen MR) is 105 cm³/mol. The number of hydrogen-bond donors (Lipinski definition) is 1. The first-order valence-corrected chi connectivity index (χ1v) is 9.14. The van der Waals surface area contributed by atoms with Crippen LogP contribution in [-0.4, -0.2) is 31.4 Å². The number of halogens is 2. The maximum atomic E-state index is 12.3. The lowest BCUT2D eigenvalue weighted by atomic mass is 10.1. The highest BCUT2D eigenvalue weighted by Gasteiger charge is 2.16. The van der Waals surface area contributed by atoms with E-state index in [1.807, 2.05) is 0 Å². The number of carbonyl (C=O) groups is 3.